The molecule has 2 N–H and O–H groups in total. The highest BCUT2D eigenvalue weighted by Gasteiger charge is 2.03. The quantitative estimate of drug-likeness (QED) is 0.779. The lowest BCUT2D eigenvalue weighted by molar-refractivity contribution is -0.115. The van der Waals surface area contributed by atoms with Gasteiger partial charge in [-0.15, -0.1) is 0 Å². The Morgan fingerprint density at radius 1 is 1.40 bits per heavy atom. The largest absolute Gasteiger partial charge is 0.311 e. The van der Waals surface area contributed by atoms with Gasteiger partial charge in [-0.1, -0.05) is 6.07 Å². The molecule has 0 fully saturated rings. The van der Waals surface area contributed by atoms with Crippen LogP contribution in [0.4, 0.5) is 5.82 Å². The van der Waals surface area contributed by atoms with E-state index in [0.29, 0.717) is 12.2 Å². The first-order valence-corrected chi connectivity index (χ1v) is 4.53. The molecule has 15 heavy (non-hydrogen) atoms. The van der Waals surface area contributed by atoms with Gasteiger partial charge >= 0.3 is 0 Å². The zero-order valence-electron chi connectivity index (χ0n) is 7.97. The normalized spacial score (nSPS) is 9.87. The number of hydrogen-bond donors (Lipinski definition) is 2. The zero-order valence-corrected chi connectivity index (χ0v) is 7.97. The van der Waals surface area contributed by atoms with Crippen molar-refractivity contribution in [2.45, 2.75) is 6.42 Å². The summed E-state index contributed by atoms with van der Waals surface area (Å²) in [5.41, 5.74) is 0.884. The van der Waals surface area contributed by atoms with Gasteiger partial charge in [-0.3, -0.25) is 14.9 Å². The van der Waals surface area contributed by atoms with Gasteiger partial charge in [0.25, 0.3) is 0 Å². The van der Waals surface area contributed by atoms with Gasteiger partial charge in [0.1, 0.15) is 5.82 Å². The maximum absolute atomic E-state index is 11.5. The molecular weight excluding hydrogens is 192 g/mol. The Morgan fingerprint density at radius 2 is 2.33 bits per heavy atom. The maximum Gasteiger partial charge on any atom is 0.229 e. The summed E-state index contributed by atoms with van der Waals surface area (Å²) in [5, 5.41) is 9.07. The summed E-state index contributed by atoms with van der Waals surface area (Å²) < 4.78 is 0. The van der Waals surface area contributed by atoms with Crippen LogP contribution in [-0.2, 0) is 11.2 Å². The van der Waals surface area contributed by atoms with Gasteiger partial charge in [-0.25, -0.2) is 0 Å². The summed E-state index contributed by atoms with van der Waals surface area (Å²) in [4.78, 5) is 15.4. The van der Waals surface area contributed by atoms with Crippen molar-refractivity contribution < 1.29 is 4.79 Å². The molecule has 0 aliphatic carbocycles. The first-order valence-electron chi connectivity index (χ1n) is 4.53. The molecule has 5 heteroatoms. The van der Waals surface area contributed by atoms with Crippen LogP contribution in [0.3, 0.4) is 0 Å². The molecule has 5 nitrogen and oxygen atoms in total. The highest BCUT2D eigenvalue weighted by molar-refractivity contribution is 5.91. The van der Waals surface area contributed by atoms with Crippen molar-refractivity contribution in [3.8, 4) is 0 Å². The maximum atomic E-state index is 11.5. The summed E-state index contributed by atoms with van der Waals surface area (Å²) in [7, 11) is 0. The molecule has 0 aliphatic rings. The average molecular weight is 202 g/mol. The first kappa shape index (κ1) is 9.39. The fourth-order valence-electron chi connectivity index (χ4n) is 1.21. The third-order valence-electron chi connectivity index (χ3n) is 1.86. The van der Waals surface area contributed by atoms with Crippen molar-refractivity contribution in [3.63, 3.8) is 0 Å². The second-order valence-corrected chi connectivity index (χ2v) is 3.06. The molecule has 0 unspecified atom stereocenters. The molecule has 76 valence electrons. The monoisotopic (exact) mass is 202 g/mol. The molecule has 2 aromatic heterocycles. The van der Waals surface area contributed by atoms with Crippen molar-refractivity contribution in [1.29, 1.82) is 0 Å². The summed E-state index contributed by atoms with van der Waals surface area (Å²) in [6, 6.07) is 5.36. The van der Waals surface area contributed by atoms with Crippen LogP contribution in [0.5, 0.6) is 0 Å². The number of nitrogens with zero attached hydrogens (tertiary/aromatic N) is 2. The molecule has 0 spiro atoms. The van der Waals surface area contributed by atoms with Crippen molar-refractivity contribution in [3.05, 3.63) is 42.4 Å². The lowest BCUT2D eigenvalue weighted by atomic mass is 10.2. The summed E-state index contributed by atoms with van der Waals surface area (Å²) in [6.07, 6.45) is 5.25. The molecule has 0 atom stereocenters. The second kappa shape index (κ2) is 4.36. The Labute approximate surface area is 86.5 Å². The second-order valence-electron chi connectivity index (χ2n) is 3.06. The van der Waals surface area contributed by atoms with E-state index in [-0.39, 0.29) is 5.91 Å². The van der Waals surface area contributed by atoms with E-state index >= 15 is 0 Å². The molecule has 1 amide bonds. The Bertz CT molecular complexity index is 424. The van der Waals surface area contributed by atoms with Crippen LogP contribution in [0, 0.1) is 0 Å². The zero-order chi connectivity index (χ0) is 10.5. The predicted octanol–water partition coefficient (Wildman–Crippen LogP) is 0.986. The Hall–Kier alpha value is -2.17. The smallest absolute Gasteiger partial charge is 0.229 e. The molecule has 2 aromatic rings. The van der Waals surface area contributed by atoms with Crippen molar-refractivity contribution in [2.75, 3.05) is 5.32 Å². The van der Waals surface area contributed by atoms with Gasteiger partial charge in [0.15, 0.2) is 0 Å². The van der Waals surface area contributed by atoms with Crippen LogP contribution in [0.1, 0.15) is 5.56 Å². The minimum Gasteiger partial charge on any atom is -0.311 e. The molecular formula is C10H10N4O. The summed E-state index contributed by atoms with van der Waals surface area (Å²) in [6.45, 7) is 0. The number of hydrogen-bond acceptors (Lipinski definition) is 3. The molecule has 0 aromatic carbocycles. The molecule has 2 heterocycles. The fraction of sp³-hybridized carbons (Fsp3) is 0.100. The highest BCUT2D eigenvalue weighted by Crippen LogP contribution is 2.02. The Kier molecular flexibility index (Phi) is 2.73. The first-order chi connectivity index (χ1) is 7.34. The SMILES string of the molecule is O=C(Cc1cccnc1)Nc1ccn[nH]1. The molecule has 0 saturated heterocycles. The van der Waals surface area contributed by atoms with E-state index in [1.165, 1.54) is 0 Å². The fourth-order valence-corrected chi connectivity index (χ4v) is 1.21. The number of anilines is 1. The van der Waals surface area contributed by atoms with E-state index in [1.54, 1.807) is 30.7 Å². The van der Waals surface area contributed by atoms with Gasteiger partial charge in [-0.2, -0.15) is 5.10 Å². The molecule has 2 rings (SSSR count). The van der Waals surface area contributed by atoms with E-state index in [4.69, 9.17) is 0 Å². The lowest BCUT2D eigenvalue weighted by Gasteiger charge is -2.01. The van der Waals surface area contributed by atoms with Gasteiger partial charge in [0.05, 0.1) is 12.6 Å². The van der Waals surface area contributed by atoms with E-state index in [9.17, 15) is 4.79 Å². The van der Waals surface area contributed by atoms with Crippen LogP contribution < -0.4 is 5.32 Å². The third-order valence-corrected chi connectivity index (χ3v) is 1.86. The van der Waals surface area contributed by atoms with Gasteiger partial charge in [0.2, 0.25) is 5.91 Å². The number of aromatic nitrogens is 3. The van der Waals surface area contributed by atoms with Gasteiger partial charge in [-0.05, 0) is 11.6 Å². The number of carbonyl (C=O) groups excluding carboxylic acids is 1. The van der Waals surface area contributed by atoms with Crippen LogP contribution in [0.15, 0.2) is 36.8 Å². The van der Waals surface area contributed by atoms with E-state index < -0.39 is 0 Å². The number of pyridine rings is 1. The van der Waals surface area contributed by atoms with Gasteiger partial charge in [0, 0.05) is 18.5 Å². The van der Waals surface area contributed by atoms with E-state index in [0.717, 1.165) is 5.56 Å². The lowest BCUT2D eigenvalue weighted by Crippen LogP contribution is -2.14. The highest BCUT2D eigenvalue weighted by atomic mass is 16.1. The topological polar surface area (TPSA) is 70.7 Å². The number of H-pyrrole nitrogens is 1. The molecule has 0 aliphatic heterocycles. The Balaban J connectivity index is 1.94. The number of carbonyl (C=O) groups is 1. The predicted molar refractivity (Wildman–Crippen MR) is 55.2 cm³/mol. The Morgan fingerprint density at radius 3 is 3.00 bits per heavy atom. The van der Waals surface area contributed by atoms with Crippen molar-refractivity contribution in [2.24, 2.45) is 0 Å². The van der Waals surface area contributed by atoms with E-state index in [2.05, 4.69) is 20.5 Å². The number of rotatable bonds is 3. The molecule has 0 saturated carbocycles. The van der Waals surface area contributed by atoms with Crippen LogP contribution in [-0.4, -0.2) is 21.1 Å². The van der Waals surface area contributed by atoms with Crippen LogP contribution in [0.2, 0.25) is 0 Å². The number of aromatic amines is 1. The minimum atomic E-state index is -0.0905. The van der Waals surface area contributed by atoms with Crippen LogP contribution in [0.25, 0.3) is 0 Å². The molecule has 0 bridgehead atoms. The number of amides is 1. The van der Waals surface area contributed by atoms with E-state index in [1.807, 2.05) is 6.07 Å². The van der Waals surface area contributed by atoms with Gasteiger partial charge < -0.3 is 5.32 Å². The summed E-state index contributed by atoms with van der Waals surface area (Å²) >= 11 is 0. The summed E-state index contributed by atoms with van der Waals surface area (Å²) in [5.74, 6) is 0.510. The third kappa shape index (κ3) is 2.63. The molecule has 0 radical (unpaired) electrons. The van der Waals surface area contributed by atoms with Crippen LogP contribution >= 0.6 is 0 Å². The minimum absolute atomic E-state index is 0.0905. The standard InChI is InChI=1S/C10H10N4O/c15-10(13-9-3-5-12-14-9)6-8-2-1-4-11-7-8/h1-5,7H,6H2,(H2,12,13,14,15). The van der Waals surface area contributed by atoms with Crippen molar-refractivity contribution >= 4 is 11.7 Å². The average Bonchev–Trinajstić information content (AvgIpc) is 2.71. The number of nitrogens with one attached hydrogen (secondary N) is 2. The van der Waals surface area contributed by atoms with Crippen molar-refractivity contribution in [1.82, 2.24) is 15.2 Å².